The summed E-state index contributed by atoms with van der Waals surface area (Å²) in [4.78, 5) is 18.0. The van der Waals surface area contributed by atoms with Crippen LogP contribution >= 0.6 is 0 Å². The van der Waals surface area contributed by atoms with E-state index in [1.54, 1.807) is 4.90 Å². The third-order valence-electron chi connectivity index (χ3n) is 2.89. The highest BCUT2D eigenvalue weighted by molar-refractivity contribution is 5.77. The topological polar surface area (TPSA) is 68.5 Å². The Morgan fingerprint density at radius 1 is 1.40 bits per heavy atom. The Morgan fingerprint density at radius 3 is 2.70 bits per heavy atom. The van der Waals surface area contributed by atoms with Crippen LogP contribution in [0.5, 0.6) is 0 Å². The zero-order valence-electron chi connectivity index (χ0n) is 12.4. The van der Waals surface area contributed by atoms with Crippen molar-refractivity contribution in [3.63, 3.8) is 0 Å². The fourth-order valence-corrected chi connectivity index (χ4v) is 2.06. The Balaban J connectivity index is 2.06. The van der Waals surface area contributed by atoms with Gasteiger partial charge in [-0.3, -0.25) is 0 Å². The minimum absolute atomic E-state index is 0.302. The van der Waals surface area contributed by atoms with Crippen molar-refractivity contribution in [3.8, 4) is 0 Å². The van der Waals surface area contributed by atoms with Gasteiger partial charge in [-0.05, 0) is 51.0 Å². The lowest BCUT2D eigenvalue weighted by Gasteiger charge is -2.24. The van der Waals surface area contributed by atoms with Crippen LogP contribution in [0.25, 0.3) is 5.57 Å². The first-order valence-corrected chi connectivity index (χ1v) is 6.66. The lowest BCUT2D eigenvalue weighted by atomic mass is 10.1. The number of amides is 1. The zero-order valence-corrected chi connectivity index (χ0v) is 12.4. The number of ether oxygens (including phenoxy) is 1. The van der Waals surface area contributed by atoms with E-state index < -0.39 is 5.60 Å². The van der Waals surface area contributed by atoms with Gasteiger partial charge in [-0.2, -0.15) is 0 Å². The normalized spacial score (nSPS) is 15.2. The maximum absolute atomic E-state index is 12.0. The van der Waals surface area contributed by atoms with Gasteiger partial charge in [0.05, 0.1) is 12.2 Å². The molecule has 20 heavy (non-hydrogen) atoms. The number of nitrogens with zero attached hydrogens (tertiary/aromatic N) is 2. The number of carbonyl (C=O) groups excluding carboxylic acids is 1. The van der Waals surface area contributed by atoms with Crippen molar-refractivity contribution in [2.75, 3.05) is 18.8 Å². The maximum atomic E-state index is 12.0. The van der Waals surface area contributed by atoms with Crippen LogP contribution in [0, 0.1) is 6.92 Å². The molecule has 0 spiro atoms. The predicted octanol–water partition coefficient (Wildman–Crippen LogP) is 2.61. The molecule has 2 N–H and O–H groups in total. The van der Waals surface area contributed by atoms with Gasteiger partial charge in [0, 0.05) is 6.54 Å². The molecule has 0 saturated carbocycles. The fourth-order valence-electron chi connectivity index (χ4n) is 2.06. The van der Waals surface area contributed by atoms with Crippen LogP contribution in [0.4, 0.5) is 10.6 Å². The molecule has 5 heteroatoms. The number of nitrogens with two attached hydrogens (primary N) is 1. The molecule has 1 aliphatic rings. The standard InChI is InChI=1S/C15H21N3O2/c1-10-7-12(17-13(16)8-10)11-5-6-18(9-11)14(19)20-15(2,3)4/h5,7-8H,6,9H2,1-4H3,(H2,16,17). The Morgan fingerprint density at radius 2 is 2.10 bits per heavy atom. The van der Waals surface area contributed by atoms with Crippen LogP contribution in [0.1, 0.15) is 32.0 Å². The maximum Gasteiger partial charge on any atom is 0.410 e. The van der Waals surface area contributed by atoms with Crippen molar-refractivity contribution in [1.82, 2.24) is 9.88 Å². The molecule has 0 saturated heterocycles. The highest BCUT2D eigenvalue weighted by Gasteiger charge is 2.26. The molecule has 0 aromatic carbocycles. The number of aryl methyl sites for hydroxylation is 1. The third kappa shape index (κ3) is 3.50. The predicted molar refractivity (Wildman–Crippen MR) is 79.2 cm³/mol. The second-order valence-corrected chi connectivity index (χ2v) is 6.04. The molecule has 0 bridgehead atoms. The van der Waals surface area contributed by atoms with Crippen molar-refractivity contribution in [3.05, 3.63) is 29.5 Å². The zero-order chi connectivity index (χ0) is 14.9. The molecule has 1 aromatic rings. The van der Waals surface area contributed by atoms with Crippen molar-refractivity contribution >= 4 is 17.5 Å². The molecule has 0 fully saturated rings. The molecule has 2 rings (SSSR count). The largest absolute Gasteiger partial charge is 0.444 e. The highest BCUT2D eigenvalue weighted by atomic mass is 16.6. The average molecular weight is 275 g/mol. The number of hydrogen-bond donors (Lipinski definition) is 1. The van der Waals surface area contributed by atoms with E-state index in [9.17, 15) is 4.79 Å². The molecular weight excluding hydrogens is 254 g/mol. The Hall–Kier alpha value is -2.04. The number of anilines is 1. The average Bonchev–Trinajstić information content (AvgIpc) is 2.74. The molecule has 2 heterocycles. The van der Waals surface area contributed by atoms with E-state index >= 15 is 0 Å². The van der Waals surface area contributed by atoms with Crippen molar-refractivity contribution in [1.29, 1.82) is 0 Å². The second kappa shape index (κ2) is 5.15. The SMILES string of the molecule is Cc1cc(N)nc(C2=CCN(C(=O)OC(C)(C)C)C2)c1. The Kier molecular flexibility index (Phi) is 3.70. The van der Waals surface area contributed by atoms with E-state index in [1.165, 1.54) is 0 Å². The first kappa shape index (κ1) is 14.4. The van der Waals surface area contributed by atoms with E-state index in [1.807, 2.05) is 45.9 Å². The summed E-state index contributed by atoms with van der Waals surface area (Å²) in [6.45, 7) is 8.60. The molecule has 108 valence electrons. The monoisotopic (exact) mass is 275 g/mol. The van der Waals surface area contributed by atoms with Crippen LogP contribution in [-0.2, 0) is 4.74 Å². The van der Waals surface area contributed by atoms with Gasteiger partial charge in [-0.1, -0.05) is 6.08 Å². The summed E-state index contributed by atoms with van der Waals surface area (Å²) in [5, 5.41) is 0. The summed E-state index contributed by atoms with van der Waals surface area (Å²) in [7, 11) is 0. The minimum Gasteiger partial charge on any atom is -0.444 e. The molecule has 0 radical (unpaired) electrons. The lowest BCUT2D eigenvalue weighted by molar-refractivity contribution is 0.0306. The first-order valence-electron chi connectivity index (χ1n) is 6.66. The number of nitrogen functional groups attached to an aromatic ring is 1. The number of hydrogen-bond acceptors (Lipinski definition) is 4. The van der Waals surface area contributed by atoms with E-state index in [-0.39, 0.29) is 6.09 Å². The van der Waals surface area contributed by atoms with Crippen LogP contribution in [-0.4, -0.2) is 34.7 Å². The van der Waals surface area contributed by atoms with E-state index in [0.717, 1.165) is 16.8 Å². The molecule has 1 amide bonds. The Labute approximate surface area is 119 Å². The molecule has 1 aromatic heterocycles. The van der Waals surface area contributed by atoms with Crippen molar-refractivity contribution in [2.45, 2.75) is 33.3 Å². The summed E-state index contributed by atoms with van der Waals surface area (Å²) >= 11 is 0. The molecular formula is C15H21N3O2. The van der Waals surface area contributed by atoms with Gasteiger partial charge in [0.1, 0.15) is 11.4 Å². The third-order valence-corrected chi connectivity index (χ3v) is 2.89. The lowest BCUT2D eigenvalue weighted by Crippen LogP contribution is -2.35. The second-order valence-electron chi connectivity index (χ2n) is 6.04. The molecule has 0 atom stereocenters. The number of rotatable bonds is 1. The number of carbonyl (C=O) groups is 1. The van der Waals surface area contributed by atoms with Gasteiger partial charge in [0.2, 0.25) is 0 Å². The van der Waals surface area contributed by atoms with Crippen LogP contribution in [0.3, 0.4) is 0 Å². The van der Waals surface area contributed by atoms with E-state index in [2.05, 4.69) is 4.98 Å². The highest BCUT2D eigenvalue weighted by Crippen LogP contribution is 2.23. The van der Waals surface area contributed by atoms with Crippen LogP contribution in [0.15, 0.2) is 18.2 Å². The van der Waals surface area contributed by atoms with Gasteiger partial charge in [-0.25, -0.2) is 9.78 Å². The number of pyridine rings is 1. The van der Waals surface area contributed by atoms with Crippen molar-refractivity contribution in [2.24, 2.45) is 0 Å². The van der Waals surface area contributed by atoms with Crippen LogP contribution in [0.2, 0.25) is 0 Å². The van der Waals surface area contributed by atoms with Gasteiger partial charge >= 0.3 is 6.09 Å². The molecule has 5 nitrogen and oxygen atoms in total. The smallest absolute Gasteiger partial charge is 0.410 e. The summed E-state index contributed by atoms with van der Waals surface area (Å²) in [5.74, 6) is 0.497. The summed E-state index contributed by atoms with van der Waals surface area (Å²) < 4.78 is 5.36. The molecule has 0 unspecified atom stereocenters. The fraction of sp³-hybridized carbons (Fsp3) is 0.467. The quantitative estimate of drug-likeness (QED) is 0.855. The first-order chi connectivity index (χ1) is 9.24. The summed E-state index contributed by atoms with van der Waals surface area (Å²) in [5.41, 5.74) is 8.17. The van der Waals surface area contributed by atoms with Crippen molar-refractivity contribution < 1.29 is 9.53 Å². The van der Waals surface area contributed by atoms with Gasteiger partial charge in [0.15, 0.2) is 0 Å². The van der Waals surface area contributed by atoms with Gasteiger partial charge in [0.25, 0.3) is 0 Å². The molecule has 1 aliphatic heterocycles. The number of aromatic nitrogens is 1. The minimum atomic E-state index is -0.480. The van der Waals surface area contributed by atoms with E-state index in [0.29, 0.717) is 18.9 Å². The van der Waals surface area contributed by atoms with Gasteiger partial charge in [-0.15, -0.1) is 0 Å². The summed E-state index contributed by atoms with van der Waals surface area (Å²) in [6.07, 6.45) is 1.69. The van der Waals surface area contributed by atoms with Gasteiger partial charge < -0.3 is 15.4 Å². The summed E-state index contributed by atoms with van der Waals surface area (Å²) in [6, 6.07) is 3.80. The van der Waals surface area contributed by atoms with Crippen LogP contribution < -0.4 is 5.73 Å². The molecule has 0 aliphatic carbocycles. The Bertz CT molecular complexity index is 538. The van der Waals surface area contributed by atoms with E-state index in [4.69, 9.17) is 10.5 Å².